The Labute approximate surface area is 152 Å². The van der Waals surface area contributed by atoms with Crippen molar-refractivity contribution in [2.45, 2.75) is 19.4 Å². The van der Waals surface area contributed by atoms with E-state index in [1.54, 1.807) is 6.92 Å². The first-order valence-corrected chi connectivity index (χ1v) is 8.40. The number of hydrogen-bond donors (Lipinski definition) is 0. The van der Waals surface area contributed by atoms with Crippen molar-refractivity contribution in [2.24, 2.45) is 16.9 Å². The van der Waals surface area contributed by atoms with E-state index in [1.807, 2.05) is 72.8 Å². The van der Waals surface area contributed by atoms with Crippen molar-refractivity contribution in [1.29, 1.82) is 10.5 Å². The quantitative estimate of drug-likeness (QED) is 0.834. The summed E-state index contributed by atoms with van der Waals surface area (Å²) in [7, 11) is 0. The molecule has 0 aromatic heterocycles. The third-order valence-electron chi connectivity index (χ3n) is 4.61. The van der Waals surface area contributed by atoms with Crippen LogP contribution in [-0.4, -0.2) is 16.6 Å². The fourth-order valence-electron chi connectivity index (χ4n) is 3.37. The number of hydrogen-bond acceptors (Lipinski definition) is 4. The van der Waals surface area contributed by atoms with Crippen molar-refractivity contribution in [1.82, 2.24) is 5.01 Å². The monoisotopic (exact) mass is 342 g/mol. The fraction of sp³-hybridized carbons (Fsp3) is 0.238. The lowest BCUT2D eigenvalue weighted by Gasteiger charge is -2.24. The molecule has 2 unspecified atom stereocenters. The molecule has 0 spiro atoms. The van der Waals surface area contributed by atoms with Gasteiger partial charge in [0.15, 0.2) is 0 Å². The Balaban J connectivity index is 1.93. The zero-order valence-corrected chi connectivity index (χ0v) is 14.4. The number of nitriles is 2. The van der Waals surface area contributed by atoms with Crippen molar-refractivity contribution in [3.05, 3.63) is 71.8 Å². The van der Waals surface area contributed by atoms with Gasteiger partial charge in [-0.3, -0.25) is 4.79 Å². The third-order valence-corrected chi connectivity index (χ3v) is 4.61. The minimum atomic E-state index is -0.923. The van der Waals surface area contributed by atoms with Crippen LogP contribution >= 0.6 is 0 Å². The van der Waals surface area contributed by atoms with Gasteiger partial charge in [-0.05, 0) is 18.1 Å². The molecular formula is C21H18N4O. The molecule has 0 radical (unpaired) electrons. The molecule has 0 saturated carbocycles. The fourth-order valence-corrected chi connectivity index (χ4v) is 3.37. The highest BCUT2D eigenvalue weighted by atomic mass is 16.2. The first kappa shape index (κ1) is 17.4. The standard InChI is InChI=1S/C21H18N4O/c1-15-19(20(18(12-22)13-23)17-10-6-3-7-11-17)21(26)25(24-15)14-16-8-4-2-5-9-16/h2-11,18-20H,14H2,1H3. The number of benzene rings is 2. The Morgan fingerprint density at radius 1 is 1.04 bits per heavy atom. The van der Waals surface area contributed by atoms with Crippen LogP contribution in [0.15, 0.2) is 65.8 Å². The van der Waals surface area contributed by atoms with Gasteiger partial charge in [0.05, 0.1) is 24.6 Å². The lowest BCUT2D eigenvalue weighted by atomic mass is 9.76. The zero-order valence-electron chi connectivity index (χ0n) is 14.4. The lowest BCUT2D eigenvalue weighted by molar-refractivity contribution is -0.133. The predicted molar refractivity (Wildman–Crippen MR) is 97.5 cm³/mol. The van der Waals surface area contributed by atoms with Gasteiger partial charge in [-0.2, -0.15) is 15.6 Å². The van der Waals surface area contributed by atoms with Gasteiger partial charge in [0, 0.05) is 11.6 Å². The van der Waals surface area contributed by atoms with Gasteiger partial charge in [0.2, 0.25) is 0 Å². The molecule has 2 aromatic rings. The Bertz CT molecular complexity index is 879. The van der Waals surface area contributed by atoms with Gasteiger partial charge in [-0.1, -0.05) is 60.7 Å². The van der Waals surface area contributed by atoms with Crippen LogP contribution in [0.3, 0.4) is 0 Å². The number of carbonyl (C=O) groups excluding carboxylic acids is 1. The summed E-state index contributed by atoms with van der Waals surface area (Å²) in [6.45, 7) is 2.16. The minimum absolute atomic E-state index is 0.171. The molecule has 0 N–H and O–H groups in total. The Morgan fingerprint density at radius 2 is 1.62 bits per heavy atom. The maximum atomic E-state index is 13.1. The van der Waals surface area contributed by atoms with E-state index in [4.69, 9.17) is 0 Å². The van der Waals surface area contributed by atoms with Gasteiger partial charge in [0.1, 0.15) is 5.92 Å². The van der Waals surface area contributed by atoms with E-state index in [1.165, 1.54) is 5.01 Å². The summed E-state index contributed by atoms with van der Waals surface area (Å²) in [4.78, 5) is 13.1. The van der Waals surface area contributed by atoms with Crippen LogP contribution in [0.2, 0.25) is 0 Å². The molecule has 3 rings (SSSR count). The van der Waals surface area contributed by atoms with Crippen molar-refractivity contribution in [3.63, 3.8) is 0 Å². The molecule has 2 aromatic carbocycles. The highest BCUT2D eigenvalue weighted by molar-refractivity contribution is 6.07. The SMILES string of the molecule is CC1=NN(Cc2ccccc2)C(=O)C1C(c1ccccc1)C(C#N)C#N. The highest BCUT2D eigenvalue weighted by Gasteiger charge is 2.43. The molecule has 0 fully saturated rings. The Morgan fingerprint density at radius 3 is 2.19 bits per heavy atom. The molecule has 1 amide bonds. The Kier molecular flexibility index (Phi) is 5.10. The number of hydrazone groups is 1. The van der Waals surface area contributed by atoms with Crippen molar-refractivity contribution in [2.75, 3.05) is 0 Å². The molecular weight excluding hydrogens is 324 g/mol. The maximum Gasteiger partial charge on any atom is 0.252 e. The number of rotatable bonds is 5. The van der Waals surface area contributed by atoms with E-state index in [0.29, 0.717) is 12.3 Å². The summed E-state index contributed by atoms with van der Waals surface area (Å²) in [6, 6.07) is 23.0. The van der Waals surface area contributed by atoms with Crippen molar-refractivity contribution >= 4 is 11.6 Å². The van der Waals surface area contributed by atoms with Crippen LogP contribution < -0.4 is 0 Å². The second kappa shape index (κ2) is 7.63. The van der Waals surface area contributed by atoms with Crippen LogP contribution in [0.4, 0.5) is 0 Å². The van der Waals surface area contributed by atoms with E-state index >= 15 is 0 Å². The van der Waals surface area contributed by atoms with Gasteiger partial charge in [0.25, 0.3) is 5.91 Å². The number of nitrogens with zero attached hydrogens (tertiary/aromatic N) is 4. The molecule has 0 saturated heterocycles. The van der Waals surface area contributed by atoms with Crippen molar-refractivity contribution in [3.8, 4) is 12.1 Å². The summed E-state index contributed by atoms with van der Waals surface area (Å²) < 4.78 is 0. The van der Waals surface area contributed by atoms with Crippen molar-refractivity contribution < 1.29 is 4.79 Å². The van der Waals surface area contributed by atoms with E-state index in [0.717, 1.165) is 11.1 Å². The molecule has 2 atom stereocenters. The lowest BCUT2D eigenvalue weighted by Crippen LogP contribution is -2.34. The Hall–Kier alpha value is -3.44. The van der Waals surface area contributed by atoms with Crippen LogP contribution in [0.1, 0.15) is 24.0 Å². The minimum Gasteiger partial charge on any atom is -0.272 e. The molecule has 1 heterocycles. The highest BCUT2D eigenvalue weighted by Crippen LogP contribution is 2.37. The number of amides is 1. The zero-order chi connectivity index (χ0) is 18.5. The van der Waals surface area contributed by atoms with Crippen LogP contribution in [0, 0.1) is 34.5 Å². The first-order chi connectivity index (χ1) is 12.7. The van der Waals surface area contributed by atoms with E-state index in [-0.39, 0.29) is 5.91 Å². The molecule has 128 valence electrons. The summed E-state index contributed by atoms with van der Waals surface area (Å²) in [6.07, 6.45) is 0. The second-order valence-corrected chi connectivity index (χ2v) is 6.27. The summed E-state index contributed by atoms with van der Waals surface area (Å²) in [5.41, 5.74) is 2.41. The van der Waals surface area contributed by atoms with Gasteiger partial charge in [-0.15, -0.1) is 0 Å². The predicted octanol–water partition coefficient (Wildman–Crippen LogP) is 3.47. The van der Waals surface area contributed by atoms with Gasteiger partial charge < -0.3 is 0 Å². The van der Waals surface area contributed by atoms with Crippen LogP contribution in [-0.2, 0) is 11.3 Å². The second-order valence-electron chi connectivity index (χ2n) is 6.27. The average molecular weight is 342 g/mol. The summed E-state index contributed by atoms with van der Waals surface area (Å²) in [5.74, 6) is -2.24. The molecule has 0 bridgehead atoms. The molecule has 1 aliphatic rings. The molecule has 5 heteroatoms. The number of carbonyl (C=O) groups is 1. The maximum absolute atomic E-state index is 13.1. The molecule has 0 aliphatic carbocycles. The average Bonchev–Trinajstić information content (AvgIpc) is 2.94. The smallest absolute Gasteiger partial charge is 0.252 e. The van der Waals surface area contributed by atoms with Crippen LogP contribution in [0.25, 0.3) is 0 Å². The van der Waals surface area contributed by atoms with E-state index in [9.17, 15) is 15.3 Å². The van der Waals surface area contributed by atoms with Gasteiger partial charge >= 0.3 is 0 Å². The van der Waals surface area contributed by atoms with E-state index in [2.05, 4.69) is 5.10 Å². The van der Waals surface area contributed by atoms with Gasteiger partial charge in [-0.25, -0.2) is 5.01 Å². The third kappa shape index (κ3) is 3.34. The molecule has 1 aliphatic heterocycles. The summed E-state index contributed by atoms with van der Waals surface area (Å²) >= 11 is 0. The first-order valence-electron chi connectivity index (χ1n) is 8.40. The largest absolute Gasteiger partial charge is 0.272 e. The normalized spacial score (nSPS) is 17.5. The topological polar surface area (TPSA) is 80.2 Å². The van der Waals surface area contributed by atoms with E-state index < -0.39 is 17.8 Å². The summed E-state index contributed by atoms with van der Waals surface area (Å²) in [5, 5.41) is 24.8. The molecule has 5 nitrogen and oxygen atoms in total. The molecule has 26 heavy (non-hydrogen) atoms. The van der Waals surface area contributed by atoms with Crippen LogP contribution in [0.5, 0.6) is 0 Å².